The van der Waals surface area contributed by atoms with Gasteiger partial charge in [0.1, 0.15) is 0 Å². The molecule has 0 aliphatic carbocycles. The maximum absolute atomic E-state index is 12.2. The van der Waals surface area contributed by atoms with Crippen LogP contribution in [0.25, 0.3) is 0 Å². The zero-order valence-electron chi connectivity index (χ0n) is 11.4. The van der Waals surface area contributed by atoms with E-state index in [1.807, 2.05) is 20.8 Å². The molecule has 1 saturated heterocycles. The van der Waals surface area contributed by atoms with E-state index in [1.165, 1.54) is 0 Å². The number of hydrogen-bond acceptors (Lipinski definition) is 3. The summed E-state index contributed by atoms with van der Waals surface area (Å²) < 4.78 is 0. The summed E-state index contributed by atoms with van der Waals surface area (Å²) in [5.41, 5.74) is 5.95. The first-order chi connectivity index (χ1) is 8.38. The van der Waals surface area contributed by atoms with E-state index >= 15 is 0 Å². The van der Waals surface area contributed by atoms with Gasteiger partial charge in [0, 0.05) is 12.6 Å². The van der Waals surface area contributed by atoms with Gasteiger partial charge in [0.05, 0.1) is 12.0 Å². The van der Waals surface area contributed by atoms with Crippen LogP contribution in [0.3, 0.4) is 0 Å². The van der Waals surface area contributed by atoms with Gasteiger partial charge in [-0.25, -0.2) is 0 Å². The predicted molar refractivity (Wildman–Crippen MR) is 69.0 cm³/mol. The van der Waals surface area contributed by atoms with Gasteiger partial charge in [-0.05, 0) is 25.7 Å². The summed E-state index contributed by atoms with van der Waals surface area (Å²) in [4.78, 5) is 24.9. The molecular formula is C13H24N2O3. The second kappa shape index (κ2) is 6.18. The lowest BCUT2D eigenvalue weighted by Gasteiger charge is -2.38. The van der Waals surface area contributed by atoms with Crippen LogP contribution in [0.15, 0.2) is 0 Å². The maximum Gasteiger partial charge on any atom is 0.306 e. The number of hydrogen-bond donors (Lipinski definition) is 2. The summed E-state index contributed by atoms with van der Waals surface area (Å²) in [6.45, 7) is 6.38. The number of aliphatic carboxylic acids is 1. The van der Waals surface area contributed by atoms with Gasteiger partial charge in [-0.1, -0.05) is 20.3 Å². The molecule has 104 valence electrons. The lowest BCUT2D eigenvalue weighted by atomic mass is 9.90. The second-order valence-corrected chi connectivity index (χ2v) is 5.35. The fraction of sp³-hybridized carbons (Fsp3) is 0.846. The Kier molecular flexibility index (Phi) is 5.14. The van der Waals surface area contributed by atoms with Crippen LogP contribution >= 0.6 is 0 Å². The van der Waals surface area contributed by atoms with Gasteiger partial charge in [-0.3, -0.25) is 9.59 Å². The molecule has 0 aromatic heterocycles. The van der Waals surface area contributed by atoms with Crippen molar-refractivity contribution in [3.8, 4) is 0 Å². The number of carboxylic acids is 1. The van der Waals surface area contributed by atoms with E-state index in [2.05, 4.69) is 0 Å². The fourth-order valence-electron chi connectivity index (χ4n) is 2.41. The summed E-state index contributed by atoms with van der Waals surface area (Å²) in [6.07, 6.45) is 1.92. The molecule has 0 bridgehead atoms. The number of likely N-dealkylation sites (tertiary alicyclic amines) is 1. The minimum absolute atomic E-state index is 0.0394. The molecule has 4 atom stereocenters. The van der Waals surface area contributed by atoms with Crippen molar-refractivity contribution < 1.29 is 14.7 Å². The summed E-state index contributed by atoms with van der Waals surface area (Å²) in [5, 5.41) is 8.99. The Labute approximate surface area is 108 Å². The molecular weight excluding hydrogens is 232 g/mol. The van der Waals surface area contributed by atoms with Crippen molar-refractivity contribution >= 4 is 11.9 Å². The van der Waals surface area contributed by atoms with Gasteiger partial charge in [0.2, 0.25) is 5.91 Å². The molecule has 0 radical (unpaired) electrons. The first-order valence-electron chi connectivity index (χ1n) is 6.67. The minimum Gasteiger partial charge on any atom is -0.481 e. The quantitative estimate of drug-likeness (QED) is 0.788. The molecule has 1 aliphatic heterocycles. The molecule has 1 heterocycles. The predicted octanol–water partition coefficient (Wildman–Crippen LogP) is 1.07. The van der Waals surface area contributed by atoms with Gasteiger partial charge in [0.25, 0.3) is 0 Å². The average Bonchev–Trinajstić information content (AvgIpc) is 2.35. The van der Waals surface area contributed by atoms with Crippen LogP contribution < -0.4 is 5.73 Å². The van der Waals surface area contributed by atoms with Gasteiger partial charge in [-0.15, -0.1) is 0 Å². The topological polar surface area (TPSA) is 83.6 Å². The number of rotatable bonds is 4. The molecule has 3 unspecified atom stereocenters. The van der Waals surface area contributed by atoms with E-state index < -0.39 is 12.0 Å². The highest BCUT2D eigenvalue weighted by atomic mass is 16.4. The number of nitrogens with zero attached hydrogens (tertiary/aromatic N) is 1. The summed E-state index contributed by atoms with van der Waals surface area (Å²) in [6, 6.07) is -0.513. The third-order valence-electron chi connectivity index (χ3n) is 4.05. The molecule has 3 N–H and O–H groups in total. The van der Waals surface area contributed by atoms with Crippen molar-refractivity contribution in [3.05, 3.63) is 0 Å². The average molecular weight is 256 g/mol. The van der Waals surface area contributed by atoms with Crippen molar-refractivity contribution in [2.24, 2.45) is 17.6 Å². The Morgan fingerprint density at radius 3 is 2.56 bits per heavy atom. The Balaban J connectivity index is 2.63. The fourth-order valence-corrected chi connectivity index (χ4v) is 2.41. The molecule has 0 saturated carbocycles. The van der Waals surface area contributed by atoms with Gasteiger partial charge >= 0.3 is 5.97 Å². The van der Waals surface area contributed by atoms with Gasteiger partial charge < -0.3 is 15.7 Å². The van der Waals surface area contributed by atoms with Crippen LogP contribution in [-0.2, 0) is 9.59 Å². The van der Waals surface area contributed by atoms with E-state index in [9.17, 15) is 9.59 Å². The molecule has 5 heteroatoms. The molecule has 1 fully saturated rings. The second-order valence-electron chi connectivity index (χ2n) is 5.35. The van der Waals surface area contributed by atoms with Crippen LogP contribution in [0.5, 0.6) is 0 Å². The van der Waals surface area contributed by atoms with E-state index in [4.69, 9.17) is 10.8 Å². The van der Waals surface area contributed by atoms with E-state index in [0.717, 1.165) is 6.42 Å². The maximum atomic E-state index is 12.2. The molecule has 0 spiro atoms. The summed E-state index contributed by atoms with van der Waals surface area (Å²) >= 11 is 0. The van der Waals surface area contributed by atoms with Crippen LogP contribution in [0.4, 0.5) is 0 Å². The smallest absolute Gasteiger partial charge is 0.306 e. The Morgan fingerprint density at radius 1 is 1.50 bits per heavy atom. The molecule has 18 heavy (non-hydrogen) atoms. The molecule has 1 aliphatic rings. The van der Waals surface area contributed by atoms with Crippen LogP contribution in [0, 0.1) is 11.8 Å². The van der Waals surface area contributed by atoms with Crippen molar-refractivity contribution in [1.29, 1.82) is 0 Å². The highest BCUT2D eigenvalue weighted by molar-refractivity contribution is 5.82. The molecule has 1 rings (SSSR count). The van der Waals surface area contributed by atoms with Gasteiger partial charge in [0.15, 0.2) is 0 Å². The van der Waals surface area contributed by atoms with Crippen molar-refractivity contribution in [3.63, 3.8) is 0 Å². The standard InChI is InChI=1S/C13H24N2O3/c1-4-8(2)11(14)12(16)15-6-5-10(13(17)18)7-9(15)3/h8-11H,4-7,14H2,1-3H3,(H,17,18)/t8?,9?,10?,11-/m0/s1. The third-order valence-corrected chi connectivity index (χ3v) is 4.05. The van der Waals surface area contributed by atoms with Gasteiger partial charge in [-0.2, -0.15) is 0 Å². The largest absolute Gasteiger partial charge is 0.481 e. The number of nitrogens with two attached hydrogens (primary N) is 1. The number of amides is 1. The molecule has 5 nitrogen and oxygen atoms in total. The monoisotopic (exact) mass is 256 g/mol. The zero-order valence-corrected chi connectivity index (χ0v) is 11.4. The van der Waals surface area contributed by atoms with E-state index in [-0.39, 0.29) is 23.8 Å². The SMILES string of the molecule is CCC(C)[C@H](N)C(=O)N1CCC(C(=O)O)CC1C. The lowest BCUT2D eigenvalue weighted by Crippen LogP contribution is -2.53. The Bertz CT molecular complexity index is 319. The Hall–Kier alpha value is -1.10. The highest BCUT2D eigenvalue weighted by Gasteiger charge is 2.34. The Morgan fingerprint density at radius 2 is 2.11 bits per heavy atom. The third kappa shape index (κ3) is 3.22. The lowest BCUT2D eigenvalue weighted by molar-refractivity contribution is -0.148. The van der Waals surface area contributed by atoms with Crippen LogP contribution in [0.1, 0.15) is 40.0 Å². The summed E-state index contributed by atoms with van der Waals surface area (Å²) in [5.74, 6) is -0.980. The highest BCUT2D eigenvalue weighted by Crippen LogP contribution is 2.24. The number of carbonyl (C=O) groups is 2. The minimum atomic E-state index is -0.764. The molecule has 0 aromatic rings. The zero-order chi connectivity index (χ0) is 13.9. The molecule has 0 aromatic carbocycles. The van der Waals surface area contributed by atoms with Crippen molar-refractivity contribution in [1.82, 2.24) is 4.90 Å². The van der Waals surface area contributed by atoms with E-state index in [0.29, 0.717) is 19.4 Å². The molecule has 1 amide bonds. The number of carbonyl (C=O) groups excluding carboxylic acids is 1. The van der Waals surface area contributed by atoms with E-state index in [1.54, 1.807) is 4.90 Å². The number of carboxylic acid groups (broad SMARTS) is 1. The first-order valence-corrected chi connectivity index (χ1v) is 6.67. The normalized spacial score (nSPS) is 27.7. The van der Waals surface area contributed by atoms with Crippen LogP contribution in [0.2, 0.25) is 0 Å². The van der Waals surface area contributed by atoms with Crippen LogP contribution in [-0.4, -0.2) is 40.5 Å². The summed E-state index contributed by atoms with van der Waals surface area (Å²) in [7, 11) is 0. The first kappa shape index (κ1) is 15.0. The van der Waals surface area contributed by atoms with Crippen molar-refractivity contribution in [2.75, 3.05) is 6.54 Å². The number of piperidine rings is 1. The van der Waals surface area contributed by atoms with Crippen molar-refractivity contribution in [2.45, 2.75) is 52.1 Å².